The first-order valence-electron chi connectivity index (χ1n) is 8.09. The molecule has 0 spiro atoms. The van der Waals surface area contributed by atoms with E-state index in [-0.39, 0.29) is 24.8 Å². The Bertz CT molecular complexity index is 898. The van der Waals surface area contributed by atoms with Crippen molar-refractivity contribution < 1.29 is 23.0 Å². The lowest BCUT2D eigenvalue weighted by molar-refractivity contribution is 0.264. The zero-order valence-corrected chi connectivity index (χ0v) is 15.9. The molecular formula is C19H16BrF3N2O2. The first kappa shape index (κ1) is 19.4. The van der Waals surface area contributed by atoms with E-state index in [1.807, 2.05) is 0 Å². The van der Waals surface area contributed by atoms with Gasteiger partial charge < -0.3 is 14.7 Å². The molecule has 2 aromatic carbocycles. The first-order chi connectivity index (χ1) is 12.9. The average Bonchev–Trinajstić information content (AvgIpc) is 2.63. The monoisotopic (exact) mass is 440 g/mol. The lowest BCUT2D eigenvalue weighted by Gasteiger charge is -2.30. The molecule has 2 aromatic rings. The van der Waals surface area contributed by atoms with Gasteiger partial charge in [0, 0.05) is 6.20 Å². The molecule has 0 bridgehead atoms. The second-order valence-corrected chi connectivity index (χ2v) is 6.73. The van der Waals surface area contributed by atoms with Crippen LogP contribution in [0.3, 0.4) is 0 Å². The maximum atomic E-state index is 14.1. The van der Waals surface area contributed by atoms with E-state index in [9.17, 15) is 18.3 Å². The highest BCUT2D eigenvalue weighted by molar-refractivity contribution is 9.12. The van der Waals surface area contributed by atoms with Gasteiger partial charge in [-0.25, -0.2) is 18.2 Å². The Kier molecular flexibility index (Phi) is 5.86. The third-order valence-corrected chi connectivity index (χ3v) is 4.61. The van der Waals surface area contributed by atoms with Gasteiger partial charge in [0.15, 0.2) is 0 Å². The van der Waals surface area contributed by atoms with E-state index in [1.165, 1.54) is 47.5 Å². The highest BCUT2D eigenvalue weighted by Crippen LogP contribution is 2.30. The third-order valence-electron chi connectivity index (χ3n) is 4.06. The minimum Gasteiger partial charge on any atom is -0.472 e. The highest BCUT2D eigenvalue weighted by atomic mass is 79.9. The summed E-state index contributed by atoms with van der Waals surface area (Å²) in [5.74, 6) is -1.60. The van der Waals surface area contributed by atoms with Gasteiger partial charge in [0.25, 0.3) is 0 Å². The minimum absolute atomic E-state index is 0.0543. The number of aliphatic hydroxyl groups excluding tert-OH is 1. The van der Waals surface area contributed by atoms with Gasteiger partial charge in [-0.3, -0.25) is 0 Å². The number of ether oxygens (including phenoxy) is 1. The van der Waals surface area contributed by atoms with Gasteiger partial charge in [-0.15, -0.1) is 0 Å². The van der Waals surface area contributed by atoms with E-state index in [4.69, 9.17) is 4.74 Å². The normalized spacial score (nSPS) is 16.8. The molecule has 1 heterocycles. The van der Waals surface area contributed by atoms with Crippen LogP contribution in [0.15, 0.2) is 52.1 Å². The zero-order valence-electron chi connectivity index (χ0n) is 14.3. The minimum atomic E-state index is -0.697. The largest absolute Gasteiger partial charge is 0.472 e. The van der Waals surface area contributed by atoms with E-state index < -0.39 is 23.6 Å². The van der Waals surface area contributed by atoms with E-state index in [0.29, 0.717) is 15.6 Å². The van der Waals surface area contributed by atoms with Crippen LogP contribution in [0.1, 0.15) is 18.1 Å². The van der Waals surface area contributed by atoms with Gasteiger partial charge in [0.1, 0.15) is 35.9 Å². The molecule has 1 atom stereocenters. The number of benzene rings is 2. The molecule has 3 rings (SSSR count). The van der Waals surface area contributed by atoms with E-state index in [1.54, 1.807) is 6.92 Å². The first-order valence-corrected chi connectivity index (χ1v) is 8.88. The second-order valence-electron chi connectivity index (χ2n) is 5.88. The topological polar surface area (TPSA) is 45.1 Å². The van der Waals surface area contributed by atoms with E-state index in [2.05, 4.69) is 20.9 Å². The summed E-state index contributed by atoms with van der Waals surface area (Å²) in [6.07, 6.45) is 0.879. The van der Waals surface area contributed by atoms with Gasteiger partial charge in [-0.2, -0.15) is 0 Å². The van der Waals surface area contributed by atoms with Crippen molar-refractivity contribution in [3.8, 4) is 0 Å². The number of hydrogen-bond acceptors (Lipinski definition) is 4. The number of halogens is 4. The molecule has 1 unspecified atom stereocenters. The Morgan fingerprint density at radius 1 is 1.15 bits per heavy atom. The van der Waals surface area contributed by atoms with Gasteiger partial charge in [0.2, 0.25) is 5.90 Å². The lowest BCUT2D eigenvalue weighted by atomic mass is 10.1. The summed E-state index contributed by atoms with van der Waals surface area (Å²) in [7, 11) is 0. The van der Waals surface area contributed by atoms with Gasteiger partial charge in [-0.1, -0.05) is 12.1 Å². The smallest absolute Gasteiger partial charge is 0.227 e. The molecular weight excluding hydrogens is 425 g/mol. The van der Waals surface area contributed by atoms with Gasteiger partial charge >= 0.3 is 0 Å². The van der Waals surface area contributed by atoms with Crippen LogP contribution in [0.2, 0.25) is 0 Å². The quantitative estimate of drug-likeness (QED) is 0.754. The Balaban J connectivity index is 1.79. The molecule has 0 radical (unpaired) electrons. The summed E-state index contributed by atoms with van der Waals surface area (Å²) < 4.78 is 47.4. The average molecular weight is 441 g/mol. The van der Waals surface area contributed by atoms with Crippen molar-refractivity contribution in [2.45, 2.75) is 26.3 Å². The number of aliphatic imine (C=N–C) groups is 1. The summed E-state index contributed by atoms with van der Waals surface area (Å²) in [6, 6.07) is 7.67. The van der Waals surface area contributed by atoms with Gasteiger partial charge in [-0.05, 0) is 58.2 Å². The van der Waals surface area contributed by atoms with Crippen molar-refractivity contribution in [3.63, 3.8) is 0 Å². The zero-order chi connectivity index (χ0) is 19.6. The SMILES string of the molecule is CC1N=C(OCc2ccc(F)cc2CO)C(Br)=CN1c1c(F)cccc1F. The van der Waals surface area contributed by atoms with Crippen molar-refractivity contribution >= 4 is 27.5 Å². The Morgan fingerprint density at radius 2 is 1.85 bits per heavy atom. The molecule has 0 aliphatic carbocycles. The fraction of sp³-hybridized carbons (Fsp3) is 0.211. The Hall–Kier alpha value is -2.32. The van der Waals surface area contributed by atoms with Crippen LogP contribution in [0.25, 0.3) is 0 Å². The summed E-state index contributed by atoms with van der Waals surface area (Å²) in [5, 5.41) is 9.34. The molecule has 142 valence electrons. The third kappa shape index (κ3) is 4.17. The van der Waals surface area contributed by atoms with Crippen LogP contribution >= 0.6 is 15.9 Å². The summed E-state index contributed by atoms with van der Waals surface area (Å²) in [5.41, 5.74) is 0.817. The van der Waals surface area contributed by atoms with E-state index in [0.717, 1.165) is 0 Å². The summed E-state index contributed by atoms with van der Waals surface area (Å²) in [4.78, 5) is 5.69. The molecule has 8 heteroatoms. The number of nitrogens with zero attached hydrogens (tertiary/aromatic N) is 2. The molecule has 0 saturated heterocycles. The van der Waals surface area contributed by atoms with Crippen molar-refractivity contribution in [2.24, 2.45) is 4.99 Å². The van der Waals surface area contributed by atoms with Crippen LogP contribution < -0.4 is 4.90 Å². The Labute approximate surface area is 162 Å². The predicted octanol–water partition coefficient (Wildman–Crippen LogP) is 4.61. The second kappa shape index (κ2) is 8.14. The van der Waals surface area contributed by atoms with Crippen molar-refractivity contribution in [1.82, 2.24) is 0 Å². The lowest BCUT2D eigenvalue weighted by Crippen LogP contribution is -2.33. The maximum absolute atomic E-state index is 14.1. The molecule has 4 nitrogen and oxygen atoms in total. The molecule has 1 aliphatic heterocycles. The van der Waals surface area contributed by atoms with Crippen LogP contribution in [-0.4, -0.2) is 17.2 Å². The molecule has 0 saturated carbocycles. The van der Waals surface area contributed by atoms with Crippen LogP contribution in [-0.2, 0) is 18.0 Å². The molecule has 27 heavy (non-hydrogen) atoms. The molecule has 0 fully saturated rings. The number of hydrogen-bond donors (Lipinski definition) is 1. The number of rotatable bonds is 4. The highest BCUT2D eigenvalue weighted by Gasteiger charge is 2.26. The summed E-state index contributed by atoms with van der Waals surface area (Å²) >= 11 is 3.30. The van der Waals surface area contributed by atoms with E-state index >= 15 is 0 Å². The molecule has 1 N–H and O–H groups in total. The van der Waals surface area contributed by atoms with Crippen LogP contribution in [0.4, 0.5) is 18.9 Å². The van der Waals surface area contributed by atoms with Crippen LogP contribution in [0.5, 0.6) is 0 Å². The fourth-order valence-corrected chi connectivity index (χ4v) is 3.14. The molecule has 0 aromatic heterocycles. The summed E-state index contributed by atoms with van der Waals surface area (Å²) in [6.45, 7) is 1.40. The number of aliphatic hydroxyl groups is 1. The number of para-hydroxylation sites is 1. The maximum Gasteiger partial charge on any atom is 0.227 e. The number of anilines is 1. The predicted molar refractivity (Wildman–Crippen MR) is 99.9 cm³/mol. The van der Waals surface area contributed by atoms with Crippen molar-refractivity contribution in [3.05, 3.63) is 75.7 Å². The molecule has 0 amide bonds. The standard InChI is InChI=1S/C19H16BrF3N2O2/c1-11-24-19(27-10-12-5-6-14(21)7-13(12)9-26)15(20)8-25(11)18-16(22)3-2-4-17(18)23/h2-8,11,26H,9-10H2,1H3. The fourth-order valence-electron chi connectivity index (χ4n) is 2.70. The Morgan fingerprint density at radius 3 is 2.52 bits per heavy atom. The van der Waals surface area contributed by atoms with Gasteiger partial charge in [0.05, 0.1) is 11.1 Å². The van der Waals surface area contributed by atoms with Crippen molar-refractivity contribution in [1.29, 1.82) is 0 Å². The van der Waals surface area contributed by atoms with Crippen LogP contribution in [0, 0.1) is 17.5 Å². The van der Waals surface area contributed by atoms with Crippen molar-refractivity contribution in [2.75, 3.05) is 4.90 Å². The molecule has 1 aliphatic rings.